The number of aliphatic hydroxyl groups excluding tert-OH is 1. The van der Waals surface area contributed by atoms with Crippen LogP contribution in [0.15, 0.2) is 90.8 Å². The molecule has 0 radical (unpaired) electrons. The first-order chi connectivity index (χ1) is 20.0. The second-order valence-corrected chi connectivity index (χ2v) is 10.9. The summed E-state index contributed by atoms with van der Waals surface area (Å²) in [5.41, 5.74) is 11.9. The third-order valence-corrected chi connectivity index (χ3v) is 8.22. The molecule has 41 heavy (non-hydrogen) atoms. The molecule has 0 spiro atoms. The minimum atomic E-state index is -0.412. The number of aromatic nitrogens is 3. The van der Waals surface area contributed by atoms with Crippen molar-refractivity contribution in [3.8, 4) is 11.1 Å². The highest BCUT2D eigenvalue weighted by Gasteiger charge is 2.28. The summed E-state index contributed by atoms with van der Waals surface area (Å²) in [6, 6.07) is 19.6. The van der Waals surface area contributed by atoms with E-state index in [-0.39, 0.29) is 29.3 Å². The number of amides is 1. The summed E-state index contributed by atoms with van der Waals surface area (Å²) in [5.74, 6) is -0.214. The molecule has 2 aliphatic rings. The van der Waals surface area contributed by atoms with E-state index >= 15 is 0 Å². The smallest absolute Gasteiger partial charge is 0.259 e. The molecular formula is C33H33N5O3. The minimum Gasteiger partial charge on any atom is -0.393 e. The van der Waals surface area contributed by atoms with Gasteiger partial charge in [-0.2, -0.15) is 5.10 Å². The van der Waals surface area contributed by atoms with Crippen LogP contribution in [0.1, 0.15) is 49.3 Å². The van der Waals surface area contributed by atoms with Gasteiger partial charge in [0.15, 0.2) is 11.6 Å². The van der Waals surface area contributed by atoms with Crippen LogP contribution in [0.3, 0.4) is 0 Å². The first kappa shape index (κ1) is 26.7. The van der Waals surface area contributed by atoms with E-state index in [0.29, 0.717) is 17.9 Å². The van der Waals surface area contributed by atoms with Crippen LogP contribution in [0.4, 0.5) is 11.5 Å². The number of rotatable bonds is 7. The summed E-state index contributed by atoms with van der Waals surface area (Å²) >= 11 is 0. The Hall–Kier alpha value is -4.56. The van der Waals surface area contributed by atoms with Crippen LogP contribution in [-0.2, 0) is 16.0 Å². The zero-order chi connectivity index (χ0) is 28.3. The molecular weight excluding hydrogens is 514 g/mol. The van der Waals surface area contributed by atoms with E-state index in [1.807, 2.05) is 65.2 Å². The monoisotopic (exact) mass is 547 g/mol. The molecule has 8 nitrogen and oxygen atoms in total. The number of carbonyl (C=O) groups is 2. The summed E-state index contributed by atoms with van der Waals surface area (Å²) in [7, 11) is 0. The fourth-order valence-corrected chi connectivity index (χ4v) is 5.94. The van der Waals surface area contributed by atoms with E-state index in [0.717, 1.165) is 54.4 Å². The Morgan fingerprint density at radius 3 is 2.56 bits per heavy atom. The number of anilines is 2. The van der Waals surface area contributed by atoms with Crippen molar-refractivity contribution in [2.45, 2.75) is 50.5 Å². The van der Waals surface area contributed by atoms with E-state index in [2.05, 4.69) is 21.5 Å². The molecule has 1 fully saturated rings. The summed E-state index contributed by atoms with van der Waals surface area (Å²) in [4.78, 5) is 30.4. The number of hydrogen-bond acceptors (Lipinski definition) is 6. The van der Waals surface area contributed by atoms with Gasteiger partial charge < -0.3 is 16.2 Å². The van der Waals surface area contributed by atoms with Gasteiger partial charge in [-0.1, -0.05) is 54.6 Å². The molecule has 1 saturated carbocycles. The Bertz CT molecular complexity index is 1630. The third kappa shape index (κ3) is 5.56. The Labute approximate surface area is 238 Å². The van der Waals surface area contributed by atoms with Crippen LogP contribution in [-0.4, -0.2) is 37.5 Å². The average Bonchev–Trinajstić information content (AvgIpc) is 3.39. The van der Waals surface area contributed by atoms with Gasteiger partial charge in [0.2, 0.25) is 0 Å². The number of nitrogens with one attached hydrogen (secondary N) is 1. The van der Waals surface area contributed by atoms with E-state index in [4.69, 9.17) is 5.73 Å². The van der Waals surface area contributed by atoms with Gasteiger partial charge in [0.25, 0.3) is 5.91 Å². The first-order valence-corrected chi connectivity index (χ1v) is 14.2. The molecule has 0 bridgehead atoms. The molecule has 1 atom stereocenters. The number of aryl methyl sites for hydroxylation is 1. The maximum Gasteiger partial charge on any atom is 0.259 e. The van der Waals surface area contributed by atoms with Gasteiger partial charge in [-0.3, -0.25) is 9.59 Å². The van der Waals surface area contributed by atoms with Gasteiger partial charge in [-0.05, 0) is 73.9 Å². The molecule has 1 unspecified atom stereocenters. The minimum absolute atomic E-state index is 0.156. The Morgan fingerprint density at radius 2 is 1.80 bits per heavy atom. The molecule has 2 aromatic heterocycles. The van der Waals surface area contributed by atoms with E-state index in [1.165, 1.54) is 11.9 Å². The van der Waals surface area contributed by atoms with Gasteiger partial charge in [0, 0.05) is 28.8 Å². The number of nitrogen functional groups attached to an aromatic ring is 1. The van der Waals surface area contributed by atoms with Gasteiger partial charge in [-0.25, -0.2) is 9.50 Å². The number of fused-ring (bicyclic) bond motifs is 1. The van der Waals surface area contributed by atoms with Crippen molar-refractivity contribution >= 4 is 28.7 Å². The molecule has 2 heterocycles. The molecule has 2 aliphatic carbocycles. The lowest BCUT2D eigenvalue weighted by atomic mass is 9.85. The number of carbonyl (C=O) groups excluding carboxylic acids is 2. The van der Waals surface area contributed by atoms with Crippen molar-refractivity contribution in [3.63, 3.8) is 0 Å². The molecule has 0 aliphatic heterocycles. The van der Waals surface area contributed by atoms with Crippen molar-refractivity contribution in [2.24, 2.45) is 5.92 Å². The fraction of sp³-hybridized carbons (Fsp3) is 0.273. The number of hydrogen-bond donors (Lipinski definition) is 3. The Kier molecular flexibility index (Phi) is 7.48. The van der Waals surface area contributed by atoms with Crippen molar-refractivity contribution in [3.05, 3.63) is 102 Å². The molecule has 2 aromatic carbocycles. The average molecular weight is 548 g/mol. The highest BCUT2D eigenvalue weighted by Crippen LogP contribution is 2.39. The highest BCUT2D eigenvalue weighted by atomic mass is 16.3. The van der Waals surface area contributed by atoms with Crippen molar-refractivity contribution < 1.29 is 14.7 Å². The topological polar surface area (TPSA) is 123 Å². The number of nitrogens with two attached hydrogens (primary N) is 1. The quantitative estimate of drug-likeness (QED) is 0.272. The highest BCUT2D eigenvalue weighted by molar-refractivity contribution is 6.25. The molecule has 8 heteroatoms. The zero-order valence-corrected chi connectivity index (χ0v) is 22.7. The molecule has 208 valence electrons. The van der Waals surface area contributed by atoms with Crippen LogP contribution in [0.2, 0.25) is 0 Å². The normalized spacial score (nSPS) is 20.7. The molecule has 0 saturated heterocycles. The largest absolute Gasteiger partial charge is 0.393 e. The van der Waals surface area contributed by atoms with Crippen LogP contribution in [0.25, 0.3) is 16.6 Å². The van der Waals surface area contributed by atoms with Crippen LogP contribution < -0.4 is 11.1 Å². The summed E-state index contributed by atoms with van der Waals surface area (Å²) < 4.78 is 1.87. The van der Waals surface area contributed by atoms with Crippen molar-refractivity contribution in [2.75, 3.05) is 11.1 Å². The summed E-state index contributed by atoms with van der Waals surface area (Å²) in [6.45, 7) is 0. The predicted octanol–water partition coefficient (Wildman–Crippen LogP) is 5.25. The molecule has 4 N–H and O–H groups in total. The summed E-state index contributed by atoms with van der Waals surface area (Å²) in [5, 5.41) is 17.4. The first-order valence-electron chi connectivity index (χ1n) is 14.2. The fourth-order valence-electron chi connectivity index (χ4n) is 5.94. The maximum absolute atomic E-state index is 13.1. The molecule has 1 amide bonds. The third-order valence-electron chi connectivity index (χ3n) is 8.22. The van der Waals surface area contributed by atoms with Gasteiger partial charge in [0.1, 0.15) is 11.8 Å². The van der Waals surface area contributed by atoms with Crippen molar-refractivity contribution in [1.82, 2.24) is 14.6 Å². The predicted molar refractivity (Wildman–Crippen MR) is 159 cm³/mol. The maximum atomic E-state index is 13.1. The second-order valence-electron chi connectivity index (χ2n) is 10.9. The lowest BCUT2D eigenvalue weighted by Gasteiger charge is -2.24. The van der Waals surface area contributed by atoms with Crippen LogP contribution in [0, 0.1) is 5.92 Å². The molecule has 6 rings (SSSR count). The van der Waals surface area contributed by atoms with Crippen LogP contribution in [0.5, 0.6) is 0 Å². The number of allylic oxidation sites excluding steroid dienone is 3. The van der Waals surface area contributed by atoms with E-state index in [1.54, 1.807) is 12.2 Å². The number of benzene rings is 2. The number of Topliss-reactive ketones (excluding diaryl/α,β-unsaturated/α-hetero) is 1. The number of ketones is 1. The number of aliphatic hydroxyl groups is 1. The number of nitrogens with zero attached hydrogens (tertiary/aromatic N) is 3. The zero-order valence-electron chi connectivity index (χ0n) is 22.7. The van der Waals surface area contributed by atoms with Gasteiger partial charge >= 0.3 is 0 Å². The lowest BCUT2D eigenvalue weighted by molar-refractivity contribution is -0.122. The standard InChI is InChI=1S/C33H33N5O3/c34-32-30-28(19-29(38(30)36-20-35-32)23-13-17-26(39)18-14-23)22-11-15-25(16-12-22)37-33(41)27-8-4-7-24(31(27)40)10-9-21-5-2-1-3-6-21/h1-8,11-12,15-16,19-20,23-24,26,39H,9-10,13-14,17-18H2,(H,37,41)(H2,34,35,36). The Balaban J connectivity index is 1.17. The van der Waals surface area contributed by atoms with E-state index < -0.39 is 5.91 Å². The van der Waals surface area contributed by atoms with E-state index in [9.17, 15) is 14.7 Å². The Morgan fingerprint density at radius 1 is 1.05 bits per heavy atom. The molecule has 4 aromatic rings. The van der Waals surface area contributed by atoms with Crippen molar-refractivity contribution in [1.29, 1.82) is 0 Å². The van der Waals surface area contributed by atoms with Crippen LogP contribution >= 0.6 is 0 Å². The summed E-state index contributed by atoms with van der Waals surface area (Å²) in [6.07, 6.45) is 11.2. The second kappa shape index (κ2) is 11.5. The van der Waals surface area contributed by atoms with Gasteiger partial charge in [-0.15, -0.1) is 0 Å². The lowest BCUT2D eigenvalue weighted by Crippen LogP contribution is -2.27. The van der Waals surface area contributed by atoms with Gasteiger partial charge in [0.05, 0.1) is 11.7 Å². The SMILES string of the molecule is Nc1ncnn2c(C3CCC(O)CC3)cc(-c3ccc(NC(=O)C4=CC=CC(CCc5ccccc5)C4=O)cc3)c12.